The predicted molar refractivity (Wildman–Crippen MR) is 79.0 cm³/mol. The van der Waals surface area contributed by atoms with Gasteiger partial charge in [0.15, 0.2) is 0 Å². The van der Waals surface area contributed by atoms with Crippen LogP contribution >= 0.6 is 31.9 Å². The number of rotatable bonds is 2. The van der Waals surface area contributed by atoms with Crippen molar-refractivity contribution in [2.75, 3.05) is 20.1 Å². The second-order valence-corrected chi connectivity index (χ2v) is 6.45. The van der Waals surface area contributed by atoms with E-state index in [4.69, 9.17) is 5.73 Å². The van der Waals surface area contributed by atoms with Gasteiger partial charge in [-0.1, -0.05) is 6.07 Å². The van der Waals surface area contributed by atoms with E-state index >= 15 is 0 Å². The summed E-state index contributed by atoms with van der Waals surface area (Å²) in [4.78, 5) is 2.43. The van der Waals surface area contributed by atoms with Crippen LogP contribution in [0.5, 0.6) is 0 Å². The summed E-state index contributed by atoms with van der Waals surface area (Å²) in [6, 6.07) is 6.97. The third-order valence-corrected chi connectivity index (χ3v) is 5.47. The summed E-state index contributed by atoms with van der Waals surface area (Å²) in [7, 11) is 2.20. The number of nitrogens with two attached hydrogens (primary N) is 1. The van der Waals surface area contributed by atoms with Crippen LogP contribution in [0.2, 0.25) is 0 Å². The molecule has 0 radical (unpaired) electrons. The van der Waals surface area contributed by atoms with Gasteiger partial charge in [-0.2, -0.15) is 0 Å². The highest BCUT2D eigenvalue weighted by Gasteiger charge is 2.29. The molecule has 2 atom stereocenters. The molecule has 1 aromatic carbocycles. The van der Waals surface area contributed by atoms with Gasteiger partial charge in [-0.05, 0) is 88.5 Å². The van der Waals surface area contributed by atoms with E-state index in [1.54, 1.807) is 0 Å². The van der Waals surface area contributed by atoms with Crippen LogP contribution in [0.25, 0.3) is 0 Å². The van der Waals surface area contributed by atoms with Gasteiger partial charge in [0.1, 0.15) is 0 Å². The molecule has 2 nitrogen and oxygen atoms in total. The largest absolute Gasteiger partial charge is 0.330 e. The van der Waals surface area contributed by atoms with Crippen molar-refractivity contribution in [2.45, 2.75) is 18.9 Å². The van der Waals surface area contributed by atoms with Crippen LogP contribution in [-0.4, -0.2) is 25.0 Å². The van der Waals surface area contributed by atoms with Gasteiger partial charge in [0, 0.05) is 15.0 Å². The third-order valence-electron chi connectivity index (χ3n) is 3.60. The van der Waals surface area contributed by atoms with E-state index in [1.807, 2.05) is 0 Å². The number of halogens is 2. The Hall–Kier alpha value is 0.1000. The standard InChI is InChI=1S/C13H18Br2N2/c1-17-6-2-3-10(8-16)13(17)9-4-5-11(14)12(15)7-9/h4-5,7,10,13H,2-3,6,8,16H2,1H3. The summed E-state index contributed by atoms with van der Waals surface area (Å²) in [5.41, 5.74) is 7.27. The molecule has 2 rings (SSSR count). The average Bonchev–Trinajstić information content (AvgIpc) is 2.32. The Labute approximate surface area is 120 Å². The molecule has 2 N–H and O–H groups in total. The molecule has 1 aliphatic rings. The third kappa shape index (κ3) is 2.92. The molecule has 1 fully saturated rings. The van der Waals surface area contributed by atoms with E-state index in [0.717, 1.165) is 22.0 Å². The minimum Gasteiger partial charge on any atom is -0.330 e. The summed E-state index contributed by atoms with van der Waals surface area (Å²) in [6.07, 6.45) is 2.49. The summed E-state index contributed by atoms with van der Waals surface area (Å²) in [5, 5.41) is 0. The molecule has 0 spiro atoms. The summed E-state index contributed by atoms with van der Waals surface area (Å²) < 4.78 is 2.22. The number of likely N-dealkylation sites (tertiary alicyclic amines) is 1. The Morgan fingerprint density at radius 1 is 1.35 bits per heavy atom. The number of hydrogen-bond donors (Lipinski definition) is 1. The van der Waals surface area contributed by atoms with E-state index in [2.05, 4.69) is 62.0 Å². The normalized spacial score (nSPS) is 26.1. The molecule has 4 heteroatoms. The van der Waals surface area contributed by atoms with Crippen molar-refractivity contribution in [3.05, 3.63) is 32.7 Å². The molecule has 17 heavy (non-hydrogen) atoms. The van der Waals surface area contributed by atoms with Crippen molar-refractivity contribution in [1.29, 1.82) is 0 Å². The van der Waals surface area contributed by atoms with Crippen molar-refractivity contribution in [2.24, 2.45) is 11.7 Å². The molecule has 1 heterocycles. The fraction of sp³-hybridized carbons (Fsp3) is 0.538. The molecule has 94 valence electrons. The van der Waals surface area contributed by atoms with E-state index in [-0.39, 0.29) is 0 Å². The number of piperidine rings is 1. The molecule has 2 unspecified atom stereocenters. The van der Waals surface area contributed by atoms with Crippen LogP contribution in [0, 0.1) is 5.92 Å². The molecular formula is C13H18Br2N2. The summed E-state index contributed by atoms with van der Waals surface area (Å²) in [5.74, 6) is 0.571. The van der Waals surface area contributed by atoms with Gasteiger partial charge in [0.25, 0.3) is 0 Å². The summed E-state index contributed by atoms with van der Waals surface area (Å²) in [6.45, 7) is 1.93. The van der Waals surface area contributed by atoms with Crippen molar-refractivity contribution in [1.82, 2.24) is 4.90 Å². The number of hydrogen-bond acceptors (Lipinski definition) is 2. The maximum Gasteiger partial charge on any atom is 0.0385 e. The maximum atomic E-state index is 5.91. The van der Waals surface area contributed by atoms with Gasteiger partial charge in [-0.25, -0.2) is 0 Å². The highest BCUT2D eigenvalue weighted by molar-refractivity contribution is 9.13. The smallest absolute Gasteiger partial charge is 0.0385 e. The molecule has 1 aliphatic heterocycles. The van der Waals surface area contributed by atoms with Crippen LogP contribution in [0.15, 0.2) is 27.1 Å². The Morgan fingerprint density at radius 3 is 2.76 bits per heavy atom. The van der Waals surface area contributed by atoms with Crippen LogP contribution in [0.1, 0.15) is 24.4 Å². The van der Waals surface area contributed by atoms with Crippen LogP contribution < -0.4 is 5.73 Å². The van der Waals surface area contributed by atoms with Crippen molar-refractivity contribution >= 4 is 31.9 Å². The SMILES string of the molecule is CN1CCCC(CN)C1c1ccc(Br)c(Br)c1. The lowest BCUT2D eigenvalue weighted by atomic mass is 9.85. The second kappa shape index (κ2) is 5.83. The van der Waals surface area contributed by atoms with Gasteiger partial charge >= 0.3 is 0 Å². The maximum absolute atomic E-state index is 5.91. The fourth-order valence-electron chi connectivity index (χ4n) is 2.73. The van der Waals surface area contributed by atoms with Crippen molar-refractivity contribution in [3.63, 3.8) is 0 Å². The van der Waals surface area contributed by atoms with E-state index in [0.29, 0.717) is 12.0 Å². The zero-order chi connectivity index (χ0) is 12.4. The molecule has 0 saturated carbocycles. The number of nitrogens with zero attached hydrogens (tertiary/aromatic N) is 1. The molecule has 0 bridgehead atoms. The second-order valence-electron chi connectivity index (χ2n) is 4.74. The first kappa shape index (κ1) is 13.5. The zero-order valence-electron chi connectivity index (χ0n) is 10.00. The molecule has 1 aromatic rings. The topological polar surface area (TPSA) is 29.3 Å². The first-order chi connectivity index (χ1) is 8.13. The highest BCUT2D eigenvalue weighted by Crippen LogP contribution is 2.36. The Bertz CT molecular complexity index is 395. The zero-order valence-corrected chi connectivity index (χ0v) is 13.2. The van der Waals surface area contributed by atoms with Gasteiger partial charge in [0.2, 0.25) is 0 Å². The minimum absolute atomic E-state index is 0.457. The molecular weight excluding hydrogens is 344 g/mol. The lowest BCUT2D eigenvalue weighted by molar-refractivity contribution is 0.125. The van der Waals surface area contributed by atoms with Crippen LogP contribution in [0.3, 0.4) is 0 Å². The van der Waals surface area contributed by atoms with Crippen molar-refractivity contribution in [3.8, 4) is 0 Å². The molecule has 0 aromatic heterocycles. The first-order valence-electron chi connectivity index (χ1n) is 5.98. The van der Waals surface area contributed by atoms with Crippen molar-refractivity contribution < 1.29 is 0 Å². The molecule has 0 amide bonds. The highest BCUT2D eigenvalue weighted by atomic mass is 79.9. The molecule has 1 saturated heterocycles. The Morgan fingerprint density at radius 2 is 2.12 bits per heavy atom. The molecule has 0 aliphatic carbocycles. The Kier molecular flexibility index (Phi) is 4.64. The quantitative estimate of drug-likeness (QED) is 0.872. The monoisotopic (exact) mass is 360 g/mol. The first-order valence-corrected chi connectivity index (χ1v) is 7.57. The summed E-state index contributed by atoms with van der Waals surface area (Å²) >= 11 is 7.09. The lowest BCUT2D eigenvalue weighted by Gasteiger charge is -2.39. The van der Waals surface area contributed by atoms with E-state index < -0.39 is 0 Å². The lowest BCUT2D eigenvalue weighted by Crippen LogP contribution is -2.39. The van der Waals surface area contributed by atoms with Gasteiger partial charge < -0.3 is 5.73 Å². The van der Waals surface area contributed by atoms with E-state index in [9.17, 15) is 0 Å². The van der Waals surface area contributed by atoms with E-state index in [1.165, 1.54) is 18.4 Å². The Balaban J connectivity index is 2.31. The van der Waals surface area contributed by atoms with Gasteiger partial charge in [-0.15, -0.1) is 0 Å². The minimum atomic E-state index is 0.457. The predicted octanol–water partition coefficient (Wildman–Crippen LogP) is 3.55. The van der Waals surface area contributed by atoms with Crippen LogP contribution in [-0.2, 0) is 0 Å². The van der Waals surface area contributed by atoms with Crippen LogP contribution in [0.4, 0.5) is 0 Å². The van der Waals surface area contributed by atoms with Gasteiger partial charge in [-0.3, -0.25) is 4.90 Å². The average molecular weight is 362 g/mol. The number of benzene rings is 1. The fourth-order valence-corrected chi connectivity index (χ4v) is 3.37. The van der Waals surface area contributed by atoms with Gasteiger partial charge in [0.05, 0.1) is 0 Å².